The van der Waals surface area contributed by atoms with Gasteiger partial charge < -0.3 is 5.32 Å². The Hall–Kier alpha value is -0.580. The van der Waals surface area contributed by atoms with Crippen LogP contribution in [0.25, 0.3) is 0 Å². The summed E-state index contributed by atoms with van der Waals surface area (Å²) in [6.45, 7) is 11.3. The van der Waals surface area contributed by atoms with E-state index in [1.165, 1.54) is 24.8 Å². The maximum Gasteiger partial charge on any atom is 0.224 e. The second-order valence-corrected chi connectivity index (χ2v) is 12.1. The molecule has 1 saturated carbocycles. The second kappa shape index (κ2) is 8.41. The largest absolute Gasteiger partial charge is 0.353 e. The van der Waals surface area contributed by atoms with E-state index in [0.29, 0.717) is 18.4 Å². The minimum atomic E-state index is 0.172. The summed E-state index contributed by atoms with van der Waals surface area (Å²) in [7, 11) is 0. The van der Waals surface area contributed by atoms with E-state index >= 15 is 0 Å². The quantitative estimate of drug-likeness (QED) is 0.448. The highest BCUT2D eigenvalue weighted by molar-refractivity contribution is 14.1. The van der Waals surface area contributed by atoms with E-state index in [4.69, 9.17) is 0 Å². The van der Waals surface area contributed by atoms with Crippen LogP contribution in [0.3, 0.4) is 0 Å². The number of rotatable bonds is 5. The summed E-state index contributed by atoms with van der Waals surface area (Å²) in [5.74, 6) is 0.739. The van der Waals surface area contributed by atoms with Gasteiger partial charge in [0.1, 0.15) is 0 Å². The van der Waals surface area contributed by atoms with Crippen molar-refractivity contribution in [1.82, 2.24) is 5.32 Å². The van der Waals surface area contributed by atoms with Crippen molar-refractivity contribution in [2.45, 2.75) is 82.6 Å². The zero-order valence-electron chi connectivity index (χ0n) is 16.5. The maximum atomic E-state index is 12.6. The molecule has 1 amide bonds. The molecule has 1 aliphatic carbocycles. The van der Waals surface area contributed by atoms with Crippen LogP contribution in [0.1, 0.15) is 71.4 Å². The van der Waals surface area contributed by atoms with Crippen LogP contribution in [0.2, 0.25) is 0 Å². The van der Waals surface area contributed by atoms with Gasteiger partial charge in [0.2, 0.25) is 5.91 Å². The van der Waals surface area contributed by atoms with Crippen molar-refractivity contribution in [2.24, 2.45) is 11.3 Å². The Bertz CT molecular complexity index is 582. The van der Waals surface area contributed by atoms with Crippen LogP contribution in [-0.4, -0.2) is 15.4 Å². The first kappa shape index (κ1) is 20.7. The molecule has 0 radical (unpaired) electrons. The van der Waals surface area contributed by atoms with Gasteiger partial charge in [0.05, 0.1) is 6.42 Å². The van der Waals surface area contributed by atoms with E-state index in [1.54, 1.807) is 0 Å². The van der Waals surface area contributed by atoms with Gasteiger partial charge in [-0.15, -0.1) is 0 Å². The zero-order valence-corrected chi connectivity index (χ0v) is 18.7. The summed E-state index contributed by atoms with van der Waals surface area (Å²) >= 11 is 2.55. The first-order valence-corrected chi connectivity index (χ1v) is 10.7. The summed E-state index contributed by atoms with van der Waals surface area (Å²) in [4.78, 5) is 12.6. The molecule has 1 aliphatic rings. The average molecular weight is 455 g/mol. The molecule has 0 spiro atoms. The number of halogens is 1. The highest BCUT2D eigenvalue weighted by Gasteiger charge is 2.36. The highest BCUT2D eigenvalue weighted by Crippen LogP contribution is 2.38. The van der Waals surface area contributed by atoms with Crippen molar-refractivity contribution < 1.29 is 4.79 Å². The molecule has 0 bridgehead atoms. The first-order valence-electron chi connectivity index (χ1n) is 9.61. The third kappa shape index (κ3) is 6.92. The number of amides is 1. The third-order valence-corrected chi connectivity index (χ3v) is 5.88. The van der Waals surface area contributed by atoms with E-state index in [1.807, 2.05) is 0 Å². The van der Waals surface area contributed by atoms with Crippen LogP contribution in [0, 0.1) is 11.3 Å². The number of alkyl halides is 1. The van der Waals surface area contributed by atoms with Crippen molar-refractivity contribution in [3.05, 3.63) is 35.4 Å². The Kier molecular flexibility index (Phi) is 6.97. The summed E-state index contributed by atoms with van der Waals surface area (Å²) in [6, 6.07) is 8.85. The molecule has 1 N–H and O–H groups in total. The minimum absolute atomic E-state index is 0.172. The molecule has 3 heteroatoms. The van der Waals surface area contributed by atoms with E-state index < -0.39 is 0 Å². The fourth-order valence-electron chi connectivity index (χ4n) is 4.03. The maximum absolute atomic E-state index is 12.6. The van der Waals surface area contributed by atoms with E-state index in [0.717, 1.165) is 18.4 Å². The lowest BCUT2D eigenvalue weighted by molar-refractivity contribution is -0.121. The van der Waals surface area contributed by atoms with Crippen LogP contribution >= 0.6 is 22.6 Å². The van der Waals surface area contributed by atoms with Gasteiger partial charge in [-0.05, 0) is 41.7 Å². The lowest BCUT2D eigenvalue weighted by Gasteiger charge is -2.39. The van der Waals surface area contributed by atoms with Crippen LogP contribution < -0.4 is 5.32 Å². The lowest BCUT2D eigenvalue weighted by atomic mass is 9.77. The van der Waals surface area contributed by atoms with Crippen LogP contribution in [0.5, 0.6) is 0 Å². The lowest BCUT2D eigenvalue weighted by Crippen LogP contribution is -2.48. The molecule has 0 saturated heterocycles. The van der Waals surface area contributed by atoms with Gasteiger partial charge in [0.15, 0.2) is 0 Å². The Morgan fingerprint density at radius 3 is 2.40 bits per heavy atom. The smallest absolute Gasteiger partial charge is 0.224 e. The van der Waals surface area contributed by atoms with Crippen molar-refractivity contribution in [3.8, 4) is 0 Å². The average Bonchev–Trinajstić information content (AvgIpc) is 2.45. The van der Waals surface area contributed by atoms with Gasteiger partial charge in [-0.1, -0.05) is 94.3 Å². The first-order chi connectivity index (χ1) is 11.5. The summed E-state index contributed by atoms with van der Waals surface area (Å²) in [5.41, 5.74) is 2.71. The van der Waals surface area contributed by atoms with E-state index in [2.05, 4.69) is 86.8 Å². The Labute approximate surface area is 167 Å². The van der Waals surface area contributed by atoms with Gasteiger partial charge in [-0.25, -0.2) is 0 Å². The van der Waals surface area contributed by atoms with Crippen molar-refractivity contribution in [2.75, 3.05) is 0 Å². The Morgan fingerprint density at radius 2 is 1.76 bits per heavy atom. The molecule has 2 rings (SSSR count). The predicted octanol–water partition coefficient (Wildman–Crippen LogP) is 5.71. The third-order valence-electron chi connectivity index (χ3n) is 5.08. The molecule has 2 unspecified atom stereocenters. The molecule has 0 heterocycles. The highest BCUT2D eigenvalue weighted by atomic mass is 127. The van der Waals surface area contributed by atoms with Crippen molar-refractivity contribution >= 4 is 28.5 Å². The molecule has 1 aromatic rings. The van der Waals surface area contributed by atoms with Crippen molar-refractivity contribution in [1.29, 1.82) is 0 Å². The zero-order chi connectivity index (χ0) is 18.7. The molecule has 140 valence electrons. The normalized spacial score (nSPS) is 21.8. The molecule has 0 aliphatic heterocycles. The molecule has 1 aromatic carbocycles. The standard InChI is InChI=1S/C22H34INO/c1-21(2,3)15-17-10-8-9-16(13-17)14-20(25)24-19-12-7-6-11-18(19)22(4,5)23/h8-10,13,18-19H,6-7,11-12,14-15H2,1-5H3,(H,24,25). The number of hydrogen-bond donors (Lipinski definition) is 1. The Balaban J connectivity index is 1.99. The summed E-state index contributed by atoms with van der Waals surface area (Å²) in [5, 5.41) is 3.35. The number of benzene rings is 1. The van der Waals surface area contributed by atoms with Gasteiger partial charge >= 0.3 is 0 Å². The van der Waals surface area contributed by atoms with E-state index in [-0.39, 0.29) is 14.7 Å². The number of carbonyl (C=O) groups excluding carboxylic acids is 1. The number of hydrogen-bond acceptors (Lipinski definition) is 1. The summed E-state index contributed by atoms with van der Waals surface area (Å²) in [6.07, 6.45) is 6.39. The number of nitrogens with one attached hydrogen (secondary N) is 1. The molecular formula is C22H34INO. The molecular weight excluding hydrogens is 421 g/mol. The van der Waals surface area contributed by atoms with Crippen molar-refractivity contribution in [3.63, 3.8) is 0 Å². The summed E-state index contributed by atoms with van der Waals surface area (Å²) < 4.78 is 0.225. The molecule has 2 atom stereocenters. The number of carbonyl (C=O) groups is 1. The Morgan fingerprint density at radius 1 is 1.12 bits per heavy atom. The van der Waals surface area contributed by atoms with Gasteiger partial charge in [-0.2, -0.15) is 0 Å². The van der Waals surface area contributed by atoms with Gasteiger partial charge in [-0.3, -0.25) is 4.79 Å². The predicted molar refractivity (Wildman–Crippen MR) is 115 cm³/mol. The fraction of sp³-hybridized carbons (Fsp3) is 0.682. The van der Waals surface area contributed by atoms with E-state index in [9.17, 15) is 4.79 Å². The minimum Gasteiger partial charge on any atom is -0.353 e. The topological polar surface area (TPSA) is 29.1 Å². The van der Waals surface area contributed by atoms with Gasteiger partial charge in [0, 0.05) is 9.46 Å². The monoisotopic (exact) mass is 455 g/mol. The molecule has 1 fully saturated rings. The molecule has 0 aromatic heterocycles. The fourth-order valence-corrected chi connectivity index (χ4v) is 4.78. The van der Waals surface area contributed by atoms with Crippen LogP contribution in [-0.2, 0) is 17.6 Å². The molecule has 2 nitrogen and oxygen atoms in total. The van der Waals surface area contributed by atoms with Gasteiger partial charge in [0.25, 0.3) is 0 Å². The van der Waals surface area contributed by atoms with Crippen LogP contribution in [0.4, 0.5) is 0 Å². The SMILES string of the molecule is CC(C)(C)Cc1cccc(CC(=O)NC2CCCCC2C(C)(C)I)c1. The van der Waals surface area contributed by atoms with Crippen LogP contribution in [0.15, 0.2) is 24.3 Å². The molecule has 25 heavy (non-hydrogen) atoms. The second-order valence-electron chi connectivity index (χ2n) is 9.36.